The first kappa shape index (κ1) is 15.5. The number of aliphatic carboxylic acids is 1. The number of anilines is 1. The molecule has 0 aromatic heterocycles. The van der Waals surface area contributed by atoms with Crippen molar-refractivity contribution in [1.29, 1.82) is 0 Å². The van der Waals surface area contributed by atoms with Crippen LogP contribution in [0, 0.1) is 26.7 Å². The number of carboxylic acids is 1. The van der Waals surface area contributed by atoms with Gasteiger partial charge in [0.05, 0.1) is 6.42 Å². The fourth-order valence-electron chi connectivity index (χ4n) is 2.64. The van der Waals surface area contributed by atoms with Crippen LogP contribution in [0.15, 0.2) is 12.1 Å². The van der Waals surface area contributed by atoms with Gasteiger partial charge in [-0.05, 0) is 37.8 Å². The first-order valence-corrected chi connectivity index (χ1v) is 6.85. The molecule has 0 heterocycles. The molecule has 0 fully saturated rings. The lowest BCUT2D eigenvalue weighted by Gasteiger charge is -2.29. The minimum Gasteiger partial charge on any atom is -0.481 e. The van der Waals surface area contributed by atoms with Crippen molar-refractivity contribution in [3.05, 3.63) is 28.8 Å². The molecule has 0 unspecified atom stereocenters. The van der Waals surface area contributed by atoms with Gasteiger partial charge in [-0.2, -0.15) is 0 Å². The van der Waals surface area contributed by atoms with Crippen LogP contribution in [0.5, 0.6) is 0 Å². The summed E-state index contributed by atoms with van der Waals surface area (Å²) in [5.41, 5.74) is 4.90. The van der Waals surface area contributed by atoms with Gasteiger partial charge in [-0.3, -0.25) is 4.79 Å². The van der Waals surface area contributed by atoms with E-state index in [9.17, 15) is 4.79 Å². The highest BCUT2D eigenvalue weighted by Gasteiger charge is 2.15. The van der Waals surface area contributed by atoms with Crippen LogP contribution in [0.4, 0.5) is 5.69 Å². The predicted molar refractivity (Wildman–Crippen MR) is 80.0 cm³/mol. The summed E-state index contributed by atoms with van der Waals surface area (Å²) in [6.07, 6.45) is 0.180. The van der Waals surface area contributed by atoms with Gasteiger partial charge >= 0.3 is 5.97 Å². The second-order valence-corrected chi connectivity index (χ2v) is 5.73. The number of rotatable bonds is 6. The van der Waals surface area contributed by atoms with E-state index in [1.54, 1.807) is 0 Å². The average molecular weight is 263 g/mol. The summed E-state index contributed by atoms with van der Waals surface area (Å²) in [5, 5.41) is 8.90. The fourth-order valence-corrected chi connectivity index (χ4v) is 2.64. The number of benzene rings is 1. The molecule has 1 aromatic rings. The van der Waals surface area contributed by atoms with Crippen LogP contribution in [0.3, 0.4) is 0 Å². The zero-order valence-electron chi connectivity index (χ0n) is 12.7. The van der Waals surface area contributed by atoms with E-state index in [0.717, 1.165) is 6.54 Å². The Hall–Kier alpha value is -1.51. The molecular weight excluding hydrogens is 238 g/mol. The molecule has 0 saturated carbocycles. The van der Waals surface area contributed by atoms with Crippen molar-refractivity contribution in [3.63, 3.8) is 0 Å². The molecule has 3 nitrogen and oxygen atoms in total. The molecule has 0 atom stereocenters. The maximum absolute atomic E-state index is 10.8. The van der Waals surface area contributed by atoms with Gasteiger partial charge in [-0.15, -0.1) is 0 Å². The Kier molecular flexibility index (Phi) is 5.40. The summed E-state index contributed by atoms with van der Waals surface area (Å²) in [7, 11) is 0. The lowest BCUT2D eigenvalue weighted by atomic mass is 10.0. The van der Waals surface area contributed by atoms with Crippen LogP contribution in [0.2, 0.25) is 0 Å². The third kappa shape index (κ3) is 4.58. The minimum atomic E-state index is -0.740. The van der Waals surface area contributed by atoms with Crippen molar-refractivity contribution < 1.29 is 9.90 Å². The third-order valence-corrected chi connectivity index (χ3v) is 3.13. The molecule has 0 aliphatic heterocycles. The zero-order chi connectivity index (χ0) is 14.6. The van der Waals surface area contributed by atoms with Crippen LogP contribution in [-0.4, -0.2) is 24.2 Å². The lowest BCUT2D eigenvalue weighted by molar-refractivity contribution is -0.136. The van der Waals surface area contributed by atoms with Crippen molar-refractivity contribution in [3.8, 4) is 0 Å². The third-order valence-electron chi connectivity index (χ3n) is 3.13. The molecular formula is C16H25NO2. The van der Waals surface area contributed by atoms with Crippen molar-refractivity contribution in [2.75, 3.05) is 18.0 Å². The topological polar surface area (TPSA) is 40.5 Å². The number of hydrogen-bond donors (Lipinski definition) is 1. The van der Waals surface area contributed by atoms with Crippen LogP contribution in [-0.2, 0) is 4.79 Å². The predicted octanol–water partition coefficient (Wildman–Crippen LogP) is 3.55. The van der Waals surface area contributed by atoms with E-state index >= 15 is 0 Å². The Bertz CT molecular complexity index is 429. The van der Waals surface area contributed by atoms with Crippen LogP contribution in [0.25, 0.3) is 0 Å². The quantitative estimate of drug-likeness (QED) is 0.853. The summed E-state index contributed by atoms with van der Waals surface area (Å²) in [4.78, 5) is 13.0. The first-order valence-electron chi connectivity index (χ1n) is 6.85. The molecule has 1 N–H and O–H groups in total. The Balaban J connectivity index is 3.05. The minimum absolute atomic E-state index is 0.180. The number of carboxylic acid groups (broad SMARTS) is 1. The van der Waals surface area contributed by atoms with Crippen molar-refractivity contribution in [2.24, 2.45) is 5.92 Å². The lowest BCUT2D eigenvalue weighted by Crippen LogP contribution is -2.31. The highest BCUT2D eigenvalue weighted by Crippen LogP contribution is 2.27. The number of aryl methyl sites for hydroxylation is 3. The van der Waals surface area contributed by atoms with Gasteiger partial charge in [0, 0.05) is 18.8 Å². The molecule has 106 valence electrons. The Labute approximate surface area is 116 Å². The first-order chi connectivity index (χ1) is 8.81. The van der Waals surface area contributed by atoms with E-state index in [-0.39, 0.29) is 6.42 Å². The number of hydrogen-bond acceptors (Lipinski definition) is 2. The number of carbonyl (C=O) groups is 1. The zero-order valence-corrected chi connectivity index (χ0v) is 12.7. The Morgan fingerprint density at radius 3 is 2.16 bits per heavy atom. The molecule has 0 bridgehead atoms. The highest BCUT2D eigenvalue weighted by molar-refractivity contribution is 5.68. The molecule has 3 heteroatoms. The SMILES string of the molecule is Cc1cc(C)c(N(CCC(=O)O)CC(C)C)c(C)c1. The summed E-state index contributed by atoms with van der Waals surface area (Å²) in [5.74, 6) is -0.231. The Morgan fingerprint density at radius 1 is 1.21 bits per heavy atom. The molecule has 0 aliphatic carbocycles. The van der Waals surface area contributed by atoms with E-state index in [1.807, 2.05) is 0 Å². The van der Waals surface area contributed by atoms with Crippen LogP contribution < -0.4 is 4.90 Å². The summed E-state index contributed by atoms with van der Waals surface area (Å²) >= 11 is 0. The van der Waals surface area contributed by atoms with Crippen molar-refractivity contribution in [2.45, 2.75) is 41.0 Å². The van der Waals surface area contributed by atoms with Gasteiger partial charge in [0.2, 0.25) is 0 Å². The second-order valence-electron chi connectivity index (χ2n) is 5.73. The van der Waals surface area contributed by atoms with Gasteiger partial charge in [0.15, 0.2) is 0 Å². The van der Waals surface area contributed by atoms with E-state index in [4.69, 9.17) is 5.11 Å². The molecule has 1 aromatic carbocycles. The van der Waals surface area contributed by atoms with Gasteiger partial charge in [-0.25, -0.2) is 0 Å². The van der Waals surface area contributed by atoms with E-state index in [0.29, 0.717) is 12.5 Å². The maximum atomic E-state index is 10.8. The normalized spacial score (nSPS) is 10.8. The molecule has 0 saturated heterocycles. The van der Waals surface area contributed by atoms with E-state index in [1.165, 1.54) is 22.4 Å². The molecule has 0 radical (unpaired) electrons. The van der Waals surface area contributed by atoms with Gasteiger partial charge in [0.1, 0.15) is 0 Å². The average Bonchev–Trinajstić information content (AvgIpc) is 2.23. The maximum Gasteiger partial charge on any atom is 0.305 e. The van der Waals surface area contributed by atoms with Crippen LogP contribution >= 0.6 is 0 Å². The highest BCUT2D eigenvalue weighted by atomic mass is 16.4. The van der Waals surface area contributed by atoms with Crippen molar-refractivity contribution in [1.82, 2.24) is 0 Å². The molecule has 0 spiro atoms. The van der Waals surface area contributed by atoms with E-state index < -0.39 is 5.97 Å². The monoisotopic (exact) mass is 263 g/mol. The van der Waals surface area contributed by atoms with Gasteiger partial charge in [0.25, 0.3) is 0 Å². The summed E-state index contributed by atoms with van der Waals surface area (Å²) < 4.78 is 0. The fraction of sp³-hybridized carbons (Fsp3) is 0.562. The largest absolute Gasteiger partial charge is 0.481 e. The van der Waals surface area contributed by atoms with Gasteiger partial charge in [-0.1, -0.05) is 31.5 Å². The number of nitrogens with zero attached hydrogens (tertiary/aromatic N) is 1. The standard InChI is InChI=1S/C16H25NO2/c1-11(2)10-17(7-6-15(18)19)16-13(4)8-12(3)9-14(16)5/h8-9,11H,6-7,10H2,1-5H3,(H,18,19). The van der Waals surface area contributed by atoms with Gasteiger partial charge < -0.3 is 10.0 Å². The Morgan fingerprint density at radius 2 is 1.74 bits per heavy atom. The smallest absolute Gasteiger partial charge is 0.305 e. The van der Waals surface area contributed by atoms with Crippen LogP contribution in [0.1, 0.15) is 37.0 Å². The summed E-state index contributed by atoms with van der Waals surface area (Å²) in [6, 6.07) is 4.33. The van der Waals surface area contributed by atoms with Crippen molar-refractivity contribution >= 4 is 11.7 Å². The second kappa shape index (κ2) is 6.60. The van der Waals surface area contributed by atoms with E-state index in [2.05, 4.69) is 51.7 Å². The molecule has 0 aliphatic rings. The molecule has 19 heavy (non-hydrogen) atoms. The molecule has 1 rings (SSSR count). The molecule has 0 amide bonds. The summed E-state index contributed by atoms with van der Waals surface area (Å²) in [6.45, 7) is 12.1.